The molecule has 2 aromatic carbocycles. The zero-order valence-corrected chi connectivity index (χ0v) is 10.5. The van der Waals surface area contributed by atoms with Crippen LogP contribution < -0.4 is 0 Å². The van der Waals surface area contributed by atoms with Gasteiger partial charge in [0.2, 0.25) is 0 Å². The zero-order chi connectivity index (χ0) is 14.3. The highest BCUT2D eigenvalue weighted by atomic mass is 35.5. The number of rotatable bonds is 2. The van der Waals surface area contributed by atoms with E-state index >= 15 is 0 Å². The molecular formula is C14H11ClO4. The second-order valence-electron chi connectivity index (χ2n) is 3.47. The Hall–Kier alpha value is -2.33. The summed E-state index contributed by atoms with van der Waals surface area (Å²) in [6.07, 6.45) is 1.00. The first-order chi connectivity index (χ1) is 9.10. The highest BCUT2D eigenvalue weighted by molar-refractivity contribution is 6.31. The fraction of sp³-hybridized carbons (Fsp3) is 0. The average molecular weight is 279 g/mol. The number of carbonyl (C=O) groups excluding carboxylic acids is 2. The molecule has 0 unspecified atom stereocenters. The molecule has 0 amide bonds. The SMILES string of the molecule is O=Cc1cccc(C=O)c1O.Oc1ccccc1Cl. The summed E-state index contributed by atoms with van der Waals surface area (Å²) in [6, 6.07) is 11.1. The number of para-hydroxylation sites is 2. The molecule has 4 nitrogen and oxygen atoms in total. The number of benzene rings is 2. The van der Waals surface area contributed by atoms with Crippen molar-refractivity contribution in [2.45, 2.75) is 0 Å². The summed E-state index contributed by atoms with van der Waals surface area (Å²) in [6.45, 7) is 0. The van der Waals surface area contributed by atoms with Crippen LogP contribution in [0.3, 0.4) is 0 Å². The van der Waals surface area contributed by atoms with Crippen molar-refractivity contribution in [2.24, 2.45) is 0 Å². The van der Waals surface area contributed by atoms with Gasteiger partial charge in [0.1, 0.15) is 11.5 Å². The van der Waals surface area contributed by atoms with Crippen molar-refractivity contribution in [3.63, 3.8) is 0 Å². The maximum absolute atomic E-state index is 10.2. The van der Waals surface area contributed by atoms with Gasteiger partial charge in [-0.25, -0.2) is 0 Å². The molecule has 0 saturated carbocycles. The molecule has 0 spiro atoms. The molecule has 0 aliphatic heterocycles. The Balaban J connectivity index is 0.000000200. The molecule has 0 bridgehead atoms. The van der Waals surface area contributed by atoms with Crippen LogP contribution in [0.25, 0.3) is 0 Å². The predicted octanol–water partition coefficient (Wildman–Crippen LogP) is 3.06. The van der Waals surface area contributed by atoms with Crippen LogP contribution in [0.2, 0.25) is 5.02 Å². The average Bonchev–Trinajstić information content (AvgIpc) is 2.43. The first kappa shape index (κ1) is 14.7. The van der Waals surface area contributed by atoms with Crippen LogP contribution in [0.5, 0.6) is 11.5 Å². The van der Waals surface area contributed by atoms with Crippen molar-refractivity contribution in [2.75, 3.05) is 0 Å². The molecule has 2 N–H and O–H groups in total. The van der Waals surface area contributed by atoms with Crippen LogP contribution in [-0.4, -0.2) is 22.8 Å². The van der Waals surface area contributed by atoms with Crippen LogP contribution in [0, 0.1) is 0 Å². The lowest BCUT2D eigenvalue weighted by atomic mass is 10.1. The summed E-state index contributed by atoms with van der Waals surface area (Å²) >= 11 is 5.46. The molecule has 19 heavy (non-hydrogen) atoms. The van der Waals surface area contributed by atoms with E-state index in [9.17, 15) is 9.59 Å². The minimum Gasteiger partial charge on any atom is -0.506 e. The van der Waals surface area contributed by atoms with Gasteiger partial charge < -0.3 is 10.2 Å². The fourth-order valence-electron chi connectivity index (χ4n) is 1.22. The molecule has 2 rings (SSSR count). The molecule has 2 aromatic rings. The summed E-state index contributed by atoms with van der Waals surface area (Å²) in [5.41, 5.74) is 0.268. The third kappa shape index (κ3) is 4.12. The summed E-state index contributed by atoms with van der Waals surface area (Å²) in [4.78, 5) is 20.4. The van der Waals surface area contributed by atoms with Gasteiger partial charge in [-0.1, -0.05) is 29.8 Å². The number of hydrogen-bond donors (Lipinski definition) is 2. The molecule has 0 saturated heterocycles. The van der Waals surface area contributed by atoms with Crippen LogP contribution in [0.1, 0.15) is 20.7 Å². The third-order valence-corrected chi connectivity index (χ3v) is 2.52. The standard InChI is InChI=1S/C8H6O3.C6H5ClO/c9-4-6-2-1-3-7(5-10)8(6)11;7-5-3-1-2-4-6(5)8/h1-5,11H;1-4,8H. The molecule has 0 aliphatic carbocycles. The lowest BCUT2D eigenvalue weighted by molar-refractivity contribution is 0.112. The Bertz CT molecular complexity index is 534. The van der Waals surface area contributed by atoms with Crippen LogP contribution in [0.15, 0.2) is 42.5 Å². The topological polar surface area (TPSA) is 74.6 Å². The normalized spacial score (nSPS) is 9.11. The van der Waals surface area contributed by atoms with Gasteiger partial charge in [0.05, 0.1) is 16.1 Å². The third-order valence-electron chi connectivity index (χ3n) is 2.20. The maximum Gasteiger partial charge on any atom is 0.153 e. The molecule has 0 fully saturated rings. The van der Waals surface area contributed by atoms with Crippen molar-refractivity contribution in [3.8, 4) is 11.5 Å². The predicted molar refractivity (Wildman–Crippen MR) is 72.0 cm³/mol. The quantitative estimate of drug-likeness (QED) is 0.828. The highest BCUT2D eigenvalue weighted by Gasteiger charge is 2.03. The van der Waals surface area contributed by atoms with Crippen molar-refractivity contribution < 1.29 is 19.8 Å². The van der Waals surface area contributed by atoms with Crippen LogP contribution >= 0.6 is 11.6 Å². The van der Waals surface area contributed by atoms with Gasteiger partial charge >= 0.3 is 0 Å². The second-order valence-corrected chi connectivity index (χ2v) is 3.88. The van der Waals surface area contributed by atoms with Gasteiger partial charge in [-0.3, -0.25) is 9.59 Å². The molecule has 0 heterocycles. The minimum atomic E-state index is -0.252. The summed E-state index contributed by atoms with van der Waals surface area (Å²) in [7, 11) is 0. The van der Waals surface area contributed by atoms with E-state index < -0.39 is 0 Å². The minimum absolute atomic E-state index is 0.133. The van der Waals surface area contributed by atoms with Crippen molar-refractivity contribution in [1.29, 1.82) is 0 Å². The highest BCUT2D eigenvalue weighted by Crippen LogP contribution is 2.20. The van der Waals surface area contributed by atoms with Gasteiger partial charge in [0, 0.05) is 0 Å². The van der Waals surface area contributed by atoms with E-state index in [0.717, 1.165) is 0 Å². The summed E-state index contributed by atoms with van der Waals surface area (Å²) in [5, 5.41) is 18.3. The summed E-state index contributed by atoms with van der Waals surface area (Å²) < 4.78 is 0. The number of phenols is 2. The number of aromatic hydroxyl groups is 2. The van der Waals surface area contributed by atoms with Crippen LogP contribution in [0.4, 0.5) is 0 Å². The number of hydrogen-bond acceptors (Lipinski definition) is 4. The smallest absolute Gasteiger partial charge is 0.153 e. The Labute approximate surface area is 114 Å². The molecule has 0 aromatic heterocycles. The van der Waals surface area contributed by atoms with E-state index in [1.165, 1.54) is 18.2 Å². The van der Waals surface area contributed by atoms with E-state index in [2.05, 4.69) is 0 Å². The van der Waals surface area contributed by atoms with E-state index in [1.807, 2.05) is 0 Å². The van der Waals surface area contributed by atoms with Crippen LogP contribution in [-0.2, 0) is 0 Å². The van der Waals surface area contributed by atoms with E-state index in [0.29, 0.717) is 17.6 Å². The van der Waals surface area contributed by atoms with Gasteiger partial charge in [-0.15, -0.1) is 0 Å². The van der Waals surface area contributed by atoms with Gasteiger partial charge in [0.25, 0.3) is 0 Å². The lowest BCUT2D eigenvalue weighted by Gasteiger charge is -1.97. The largest absolute Gasteiger partial charge is 0.506 e. The molecule has 0 radical (unpaired) electrons. The first-order valence-corrected chi connectivity index (χ1v) is 5.63. The number of aldehydes is 2. The van der Waals surface area contributed by atoms with Crippen molar-refractivity contribution in [3.05, 3.63) is 58.6 Å². The monoisotopic (exact) mass is 278 g/mol. The van der Waals surface area contributed by atoms with Gasteiger partial charge in [-0.2, -0.15) is 0 Å². The van der Waals surface area contributed by atoms with E-state index in [-0.39, 0.29) is 22.6 Å². The Morgan fingerprint density at radius 2 is 1.37 bits per heavy atom. The van der Waals surface area contributed by atoms with Crippen molar-refractivity contribution >= 4 is 24.2 Å². The van der Waals surface area contributed by atoms with Gasteiger partial charge in [0.15, 0.2) is 12.6 Å². The second kappa shape index (κ2) is 7.18. The number of phenolic OH excluding ortho intramolecular Hbond substituents is 2. The zero-order valence-electron chi connectivity index (χ0n) is 9.79. The molecular weight excluding hydrogens is 268 g/mol. The lowest BCUT2D eigenvalue weighted by Crippen LogP contribution is -1.86. The molecule has 98 valence electrons. The Morgan fingerprint density at radius 1 is 0.842 bits per heavy atom. The van der Waals surface area contributed by atoms with E-state index in [1.54, 1.807) is 24.3 Å². The fourth-order valence-corrected chi connectivity index (χ4v) is 1.36. The Kier molecular flexibility index (Phi) is 5.57. The maximum atomic E-state index is 10.2. The molecule has 5 heteroatoms. The molecule has 0 atom stereocenters. The number of halogens is 1. The first-order valence-electron chi connectivity index (χ1n) is 5.26. The van der Waals surface area contributed by atoms with E-state index in [4.69, 9.17) is 21.8 Å². The Morgan fingerprint density at radius 3 is 1.74 bits per heavy atom. The molecule has 0 aliphatic rings. The number of carbonyl (C=O) groups is 2. The van der Waals surface area contributed by atoms with Crippen molar-refractivity contribution in [1.82, 2.24) is 0 Å². The summed E-state index contributed by atoms with van der Waals surface area (Å²) in [5.74, 6) is -0.119. The van der Waals surface area contributed by atoms with Gasteiger partial charge in [-0.05, 0) is 24.3 Å².